The van der Waals surface area contributed by atoms with Gasteiger partial charge in [0, 0.05) is 48.9 Å². The monoisotopic (exact) mass is 354 g/mol. The lowest BCUT2D eigenvalue weighted by Crippen LogP contribution is -2.25. The summed E-state index contributed by atoms with van der Waals surface area (Å²) in [6.45, 7) is 1.67. The minimum Gasteiger partial charge on any atom is -0.507 e. The van der Waals surface area contributed by atoms with Crippen LogP contribution in [0.1, 0.15) is 45.7 Å². The molecule has 2 aromatic rings. The predicted molar refractivity (Wildman–Crippen MR) is 99.8 cm³/mol. The zero-order valence-electron chi connectivity index (χ0n) is 15.2. The summed E-state index contributed by atoms with van der Waals surface area (Å²) >= 11 is 0. The van der Waals surface area contributed by atoms with E-state index < -0.39 is 11.3 Å². The summed E-state index contributed by atoms with van der Waals surface area (Å²) in [7, 11) is 3.43. The molecule has 0 fully saturated rings. The molecular formula is C20H22N2O4. The standard InChI is InChI=1S/C20H22N2O4/c1-12-10-17(24)18(20(26)22(12)3)16(23)9-8-13-11-21(2)15-7-5-4-6-14(15)19(13)25/h8-11,24H,4-7H2,1-3H3/b9-8+. The van der Waals surface area contributed by atoms with Crippen LogP contribution in [0.15, 0.2) is 27.9 Å². The molecule has 0 unspecified atom stereocenters. The number of pyridine rings is 2. The molecule has 0 amide bonds. The second kappa shape index (κ2) is 6.78. The maximum absolute atomic E-state index is 12.7. The van der Waals surface area contributed by atoms with Crippen molar-refractivity contribution in [2.75, 3.05) is 0 Å². The maximum atomic E-state index is 12.7. The number of nitrogens with zero attached hydrogens (tertiary/aromatic N) is 2. The van der Waals surface area contributed by atoms with Gasteiger partial charge in [0.2, 0.25) is 0 Å². The molecule has 0 spiro atoms. The molecule has 6 heteroatoms. The third-order valence-corrected chi connectivity index (χ3v) is 5.04. The van der Waals surface area contributed by atoms with Crippen LogP contribution in [0.5, 0.6) is 5.75 Å². The van der Waals surface area contributed by atoms with Crippen LogP contribution < -0.4 is 11.0 Å². The number of carbonyl (C=O) groups excluding carboxylic acids is 1. The van der Waals surface area contributed by atoms with Crippen LogP contribution in [-0.2, 0) is 26.9 Å². The second-order valence-electron chi connectivity index (χ2n) is 6.76. The molecule has 3 rings (SSSR count). The fourth-order valence-electron chi connectivity index (χ4n) is 3.45. The summed E-state index contributed by atoms with van der Waals surface area (Å²) in [5.74, 6) is -0.971. The quantitative estimate of drug-likeness (QED) is 0.674. The SMILES string of the molecule is Cc1cc(O)c(C(=O)/C=C/c2cn(C)c3c(c2=O)CCCC3)c(=O)n1C. The van der Waals surface area contributed by atoms with Crippen LogP contribution in [-0.4, -0.2) is 20.0 Å². The van der Waals surface area contributed by atoms with Crippen molar-refractivity contribution in [1.82, 2.24) is 9.13 Å². The predicted octanol–water partition coefficient (Wildman–Crippen LogP) is 1.87. The molecule has 26 heavy (non-hydrogen) atoms. The van der Waals surface area contributed by atoms with Gasteiger partial charge in [-0.2, -0.15) is 0 Å². The summed E-state index contributed by atoms with van der Waals surface area (Å²) in [6, 6.07) is 1.38. The summed E-state index contributed by atoms with van der Waals surface area (Å²) < 4.78 is 3.24. The van der Waals surface area contributed by atoms with Crippen LogP contribution in [0.4, 0.5) is 0 Å². The molecule has 0 saturated heterocycles. The summed E-state index contributed by atoms with van der Waals surface area (Å²) in [5.41, 5.74) is 1.90. The smallest absolute Gasteiger partial charge is 0.265 e. The van der Waals surface area contributed by atoms with E-state index in [0.29, 0.717) is 11.3 Å². The Morgan fingerprint density at radius 1 is 1.19 bits per heavy atom. The van der Waals surface area contributed by atoms with Gasteiger partial charge < -0.3 is 14.2 Å². The van der Waals surface area contributed by atoms with Crippen molar-refractivity contribution in [3.8, 4) is 5.75 Å². The average Bonchev–Trinajstić information content (AvgIpc) is 2.61. The number of hydrogen-bond donors (Lipinski definition) is 1. The minimum atomic E-state index is -0.622. The molecule has 0 bridgehead atoms. The van der Waals surface area contributed by atoms with Gasteiger partial charge in [-0.3, -0.25) is 14.4 Å². The molecule has 0 saturated carbocycles. The van der Waals surface area contributed by atoms with Gasteiger partial charge in [-0.25, -0.2) is 0 Å². The molecule has 1 aliphatic rings. The molecule has 6 nitrogen and oxygen atoms in total. The zero-order chi connectivity index (χ0) is 19.0. The number of carbonyl (C=O) groups is 1. The Balaban J connectivity index is 2.01. The van der Waals surface area contributed by atoms with E-state index in [9.17, 15) is 19.5 Å². The molecule has 2 heterocycles. The van der Waals surface area contributed by atoms with Gasteiger partial charge >= 0.3 is 0 Å². The van der Waals surface area contributed by atoms with E-state index >= 15 is 0 Å². The van der Waals surface area contributed by atoms with Gasteiger partial charge in [0.25, 0.3) is 5.56 Å². The first-order valence-corrected chi connectivity index (χ1v) is 8.64. The van der Waals surface area contributed by atoms with Gasteiger partial charge in [0.15, 0.2) is 11.2 Å². The third-order valence-electron chi connectivity index (χ3n) is 5.04. The number of rotatable bonds is 3. The van der Waals surface area contributed by atoms with Gasteiger partial charge in [-0.1, -0.05) is 0 Å². The van der Waals surface area contributed by atoms with Crippen LogP contribution in [0, 0.1) is 6.92 Å². The van der Waals surface area contributed by atoms with E-state index in [1.807, 2.05) is 11.6 Å². The van der Waals surface area contributed by atoms with Crippen molar-refractivity contribution in [3.05, 3.63) is 67.0 Å². The third kappa shape index (κ3) is 3.03. The van der Waals surface area contributed by atoms with E-state index in [0.717, 1.165) is 36.9 Å². The van der Waals surface area contributed by atoms with Crippen LogP contribution >= 0.6 is 0 Å². The summed E-state index contributed by atoms with van der Waals surface area (Å²) in [5, 5.41) is 9.99. The molecule has 0 aliphatic heterocycles. The highest BCUT2D eigenvalue weighted by Crippen LogP contribution is 2.19. The van der Waals surface area contributed by atoms with Crippen LogP contribution in [0.2, 0.25) is 0 Å². The lowest BCUT2D eigenvalue weighted by atomic mass is 9.94. The Morgan fingerprint density at radius 2 is 1.88 bits per heavy atom. The Labute approximate surface area is 151 Å². The van der Waals surface area contributed by atoms with E-state index in [1.54, 1.807) is 13.1 Å². The van der Waals surface area contributed by atoms with Crippen LogP contribution in [0.3, 0.4) is 0 Å². The average molecular weight is 354 g/mol. The molecule has 136 valence electrons. The summed E-state index contributed by atoms with van der Waals surface area (Å²) in [4.78, 5) is 37.4. The van der Waals surface area contributed by atoms with Crippen molar-refractivity contribution in [2.24, 2.45) is 14.1 Å². The number of allylic oxidation sites excluding steroid dienone is 1. The number of ketones is 1. The summed E-state index contributed by atoms with van der Waals surface area (Å²) in [6.07, 6.45) is 8.01. The molecular weight excluding hydrogens is 332 g/mol. The van der Waals surface area contributed by atoms with Crippen molar-refractivity contribution in [3.63, 3.8) is 0 Å². The first kappa shape index (κ1) is 17.9. The number of hydrogen-bond acceptors (Lipinski definition) is 4. The highest BCUT2D eigenvalue weighted by atomic mass is 16.3. The molecule has 1 aliphatic carbocycles. The zero-order valence-corrected chi connectivity index (χ0v) is 15.2. The Bertz CT molecular complexity index is 1040. The molecule has 2 aromatic heterocycles. The lowest BCUT2D eigenvalue weighted by molar-refractivity contribution is 0.104. The van der Waals surface area contributed by atoms with E-state index in [-0.39, 0.29) is 16.7 Å². The maximum Gasteiger partial charge on any atom is 0.265 e. The largest absolute Gasteiger partial charge is 0.507 e. The fourth-order valence-corrected chi connectivity index (χ4v) is 3.45. The van der Waals surface area contributed by atoms with Crippen molar-refractivity contribution in [1.29, 1.82) is 0 Å². The van der Waals surface area contributed by atoms with Crippen LogP contribution in [0.25, 0.3) is 6.08 Å². The molecule has 0 atom stereocenters. The number of aromatic nitrogens is 2. The van der Waals surface area contributed by atoms with E-state index in [4.69, 9.17) is 0 Å². The Kier molecular flexibility index (Phi) is 4.68. The Morgan fingerprint density at radius 3 is 2.62 bits per heavy atom. The van der Waals surface area contributed by atoms with Crippen molar-refractivity contribution < 1.29 is 9.90 Å². The Hall–Kier alpha value is -2.89. The minimum absolute atomic E-state index is 0.0668. The molecule has 0 radical (unpaired) electrons. The fraction of sp³-hybridized carbons (Fsp3) is 0.350. The van der Waals surface area contributed by atoms with Crippen molar-refractivity contribution in [2.45, 2.75) is 32.6 Å². The first-order valence-electron chi connectivity index (χ1n) is 8.64. The van der Waals surface area contributed by atoms with Gasteiger partial charge in [0.05, 0.1) is 0 Å². The number of aromatic hydroxyl groups is 1. The highest BCUT2D eigenvalue weighted by Gasteiger charge is 2.18. The molecule has 0 aromatic carbocycles. The first-order chi connectivity index (χ1) is 12.3. The number of fused-ring (bicyclic) bond motifs is 1. The van der Waals surface area contributed by atoms with E-state index in [1.165, 1.54) is 29.8 Å². The lowest BCUT2D eigenvalue weighted by Gasteiger charge is -2.19. The highest BCUT2D eigenvalue weighted by molar-refractivity contribution is 6.08. The normalized spacial score (nSPS) is 13.8. The van der Waals surface area contributed by atoms with Gasteiger partial charge in [-0.05, 0) is 44.8 Å². The number of aryl methyl sites for hydroxylation is 2. The topological polar surface area (TPSA) is 81.3 Å². The van der Waals surface area contributed by atoms with Gasteiger partial charge in [0.1, 0.15) is 11.3 Å². The second-order valence-corrected chi connectivity index (χ2v) is 6.76. The van der Waals surface area contributed by atoms with E-state index in [2.05, 4.69) is 0 Å². The molecule has 1 N–H and O–H groups in total. The van der Waals surface area contributed by atoms with Gasteiger partial charge in [-0.15, -0.1) is 0 Å². The van der Waals surface area contributed by atoms with Crippen molar-refractivity contribution >= 4 is 11.9 Å².